The highest BCUT2D eigenvalue weighted by Crippen LogP contribution is 2.32. The van der Waals surface area contributed by atoms with Gasteiger partial charge in [-0.1, -0.05) is 0 Å². The highest BCUT2D eigenvalue weighted by atomic mass is 16.7. The molecule has 1 fully saturated rings. The predicted octanol–water partition coefficient (Wildman–Crippen LogP) is 1.30. The summed E-state index contributed by atoms with van der Waals surface area (Å²) in [6.45, 7) is 1.10. The van der Waals surface area contributed by atoms with Crippen molar-refractivity contribution in [1.29, 1.82) is 0 Å². The van der Waals surface area contributed by atoms with Gasteiger partial charge in [0, 0.05) is 36.8 Å². The van der Waals surface area contributed by atoms with Crippen molar-refractivity contribution in [2.45, 2.75) is 6.29 Å². The van der Waals surface area contributed by atoms with Gasteiger partial charge in [-0.15, -0.1) is 0 Å². The van der Waals surface area contributed by atoms with E-state index in [0.717, 1.165) is 11.1 Å². The Morgan fingerprint density at radius 1 is 1.26 bits per heavy atom. The molecule has 118 valence electrons. The summed E-state index contributed by atoms with van der Waals surface area (Å²) in [6, 6.07) is 3.86. The Morgan fingerprint density at radius 3 is 2.74 bits per heavy atom. The molecule has 23 heavy (non-hydrogen) atoms. The summed E-state index contributed by atoms with van der Waals surface area (Å²) in [5.74, 6) is 1.05. The summed E-state index contributed by atoms with van der Waals surface area (Å²) in [5.41, 5.74) is 8.46. The summed E-state index contributed by atoms with van der Waals surface area (Å²) in [4.78, 5) is 8.73. The molecule has 0 spiro atoms. The monoisotopic (exact) mass is 312 g/mol. The van der Waals surface area contributed by atoms with Crippen LogP contribution < -0.4 is 5.73 Å². The molecule has 0 saturated carbocycles. The second-order valence-electron chi connectivity index (χ2n) is 5.23. The molecule has 0 unspecified atom stereocenters. The highest BCUT2D eigenvalue weighted by molar-refractivity contribution is 5.65. The average Bonchev–Trinajstić information content (AvgIpc) is 3.28. The maximum atomic E-state index is 5.86. The van der Waals surface area contributed by atoms with Gasteiger partial charge in [0.05, 0.1) is 19.4 Å². The van der Waals surface area contributed by atoms with Crippen LogP contribution in [0.5, 0.6) is 0 Å². The Bertz CT molecular complexity index is 834. The van der Waals surface area contributed by atoms with E-state index >= 15 is 0 Å². The van der Waals surface area contributed by atoms with Crippen LogP contribution in [-0.4, -0.2) is 37.5 Å². The molecule has 1 aliphatic heterocycles. The molecule has 0 bridgehead atoms. The Balaban J connectivity index is 1.84. The Morgan fingerprint density at radius 2 is 2.09 bits per heavy atom. The van der Waals surface area contributed by atoms with Gasteiger partial charge < -0.3 is 15.2 Å². The minimum Gasteiger partial charge on any atom is -0.369 e. The van der Waals surface area contributed by atoms with E-state index in [-0.39, 0.29) is 0 Å². The Labute approximate surface area is 132 Å². The Hall–Kier alpha value is -2.71. The van der Waals surface area contributed by atoms with Crippen molar-refractivity contribution in [2.75, 3.05) is 18.9 Å². The molecule has 3 aromatic rings. The lowest BCUT2D eigenvalue weighted by Gasteiger charge is -2.15. The fraction of sp³-hybridized carbons (Fsp3) is 0.267. The number of anilines is 1. The number of aryl methyl sites for hydroxylation is 1. The van der Waals surface area contributed by atoms with Crippen LogP contribution in [0.1, 0.15) is 12.0 Å². The first-order valence-electron chi connectivity index (χ1n) is 7.25. The van der Waals surface area contributed by atoms with Gasteiger partial charge in [-0.05, 0) is 12.1 Å². The maximum Gasteiger partial charge on any atom is 0.206 e. The van der Waals surface area contributed by atoms with Crippen molar-refractivity contribution in [3.05, 3.63) is 42.6 Å². The quantitative estimate of drug-likeness (QED) is 0.783. The molecule has 1 saturated heterocycles. The summed E-state index contributed by atoms with van der Waals surface area (Å²) in [7, 11) is 1.87. The van der Waals surface area contributed by atoms with Gasteiger partial charge in [0.2, 0.25) is 12.2 Å². The van der Waals surface area contributed by atoms with E-state index < -0.39 is 6.29 Å². The summed E-state index contributed by atoms with van der Waals surface area (Å²) in [5, 5.41) is 4.22. The lowest BCUT2D eigenvalue weighted by Crippen LogP contribution is -2.08. The molecule has 0 radical (unpaired) electrons. The van der Waals surface area contributed by atoms with Crippen molar-refractivity contribution >= 4 is 5.95 Å². The molecule has 0 atom stereocenters. The summed E-state index contributed by atoms with van der Waals surface area (Å²) < 4.78 is 14.7. The van der Waals surface area contributed by atoms with E-state index in [1.165, 1.54) is 0 Å². The van der Waals surface area contributed by atoms with Crippen LogP contribution in [0.15, 0.2) is 36.9 Å². The number of hydrogen-bond donors (Lipinski definition) is 1. The number of rotatable bonds is 3. The van der Waals surface area contributed by atoms with Gasteiger partial charge >= 0.3 is 0 Å². The van der Waals surface area contributed by atoms with Gasteiger partial charge in [-0.3, -0.25) is 9.25 Å². The maximum absolute atomic E-state index is 5.86. The van der Waals surface area contributed by atoms with Crippen LogP contribution in [0.25, 0.3) is 16.9 Å². The van der Waals surface area contributed by atoms with Crippen molar-refractivity contribution in [2.24, 2.45) is 7.05 Å². The SMILES string of the molecule is Cn1cc(-c2ccc(-n3ccnc3N)nc2C2OCCO2)cn1. The van der Waals surface area contributed by atoms with Gasteiger partial charge in [0.15, 0.2) is 0 Å². The standard InChI is InChI=1S/C15H16N6O2/c1-20-9-10(8-18-20)11-2-3-12(21-5-4-17-15(21)16)19-13(11)14-22-6-7-23-14/h2-5,8-9,14H,6-7H2,1H3,(H2,16,17). The van der Waals surface area contributed by atoms with Gasteiger partial charge in [0.25, 0.3) is 0 Å². The van der Waals surface area contributed by atoms with Crippen LogP contribution >= 0.6 is 0 Å². The molecule has 3 aromatic heterocycles. The minimum atomic E-state index is -0.491. The topological polar surface area (TPSA) is 93.0 Å². The van der Waals surface area contributed by atoms with Crippen LogP contribution in [-0.2, 0) is 16.5 Å². The molecule has 2 N–H and O–H groups in total. The number of aromatic nitrogens is 5. The molecule has 0 aliphatic carbocycles. The van der Waals surface area contributed by atoms with Crippen molar-refractivity contribution < 1.29 is 9.47 Å². The largest absolute Gasteiger partial charge is 0.369 e. The molecule has 8 heteroatoms. The third-order valence-corrected chi connectivity index (χ3v) is 3.69. The van der Waals surface area contributed by atoms with E-state index in [4.69, 9.17) is 20.2 Å². The van der Waals surface area contributed by atoms with Gasteiger partial charge in [0.1, 0.15) is 11.5 Å². The van der Waals surface area contributed by atoms with Crippen LogP contribution in [0.3, 0.4) is 0 Å². The third kappa shape index (κ3) is 2.47. The highest BCUT2D eigenvalue weighted by Gasteiger charge is 2.25. The van der Waals surface area contributed by atoms with E-state index in [1.807, 2.05) is 25.4 Å². The number of nitrogens with two attached hydrogens (primary N) is 1. The first-order chi connectivity index (χ1) is 11.2. The molecule has 8 nitrogen and oxygen atoms in total. The van der Waals surface area contributed by atoms with E-state index in [1.54, 1.807) is 27.8 Å². The minimum absolute atomic E-state index is 0.380. The second-order valence-corrected chi connectivity index (χ2v) is 5.23. The molecule has 4 heterocycles. The van der Waals surface area contributed by atoms with E-state index in [9.17, 15) is 0 Å². The molecular formula is C15H16N6O2. The first kappa shape index (κ1) is 13.9. The van der Waals surface area contributed by atoms with Crippen molar-refractivity contribution in [3.8, 4) is 16.9 Å². The zero-order chi connectivity index (χ0) is 15.8. The number of imidazole rings is 1. The number of nitrogen functional groups attached to an aromatic ring is 1. The zero-order valence-corrected chi connectivity index (χ0v) is 12.6. The van der Waals surface area contributed by atoms with Crippen molar-refractivity contribution in [3.63, 3.8) is 0 Å². The van der Waals surface area contributed by atoms with E-state index in [2.05, 4.69) is 10.1 Å². The van der Waals surface area contributed by atoms with Crippen molar-refractivity contribution in [1.82, 2.24) is 24.3 Å². The number of pyridine rings is 1. The fourth-order valence-electron chi connectivity index (χ4n) is 2.61. The number of hydrogen-bond acceptors (Lipinski definition) is 6. The molecule has 0 amide bonds. The number of nitrogens with zero attached hydrogens (tertiary/aromatic N) is 5. The van der Waals surface area contributed by atoms with Crippen LogP contribution in [0, 0.1) is 0 Å². The average molecular weight is 312 g/mol. The van der Waals surface area contributed by atoms with Crippen LogP contribution in [0.4, 0.5) is 5.95 Å². The molecule has 0 aromatic carbocycles. The Kier molecular flexibility index (Phi) is 3.32. The summed E-state index contributed by atoms with van der Waals surface area (Å²) in [6.07, 6.45) is 6.63. The predicted molar refractivity (Wildman–Crippen MR) is 82.6 cm³/mol. The molecular weight excluding hydrogens is 296 g/mol. The second kappa shape index (κ2) is 5.49. The lowest BCUT2D eigenvalue weighted by molar-refractivity contribution is -0.0468. The lowest BCUT2D eigenvalue weighted by atomic mass is 10.1. The smallest absolute Gasteiger partial charge is 0.206 e. The van der Waals surface area contributed by atoms with Crippen LogP contribution in [0.2, 0.25) is 0 Å². The third-order valence-electron chi connectivity index (χ3n) is 3.69. The molecule has 1 aliphatic rings. The van der Waals surface area contributed by atoms with Gasteiger partial charge in [-0.2, -0.15) is 5.10 Å². The first-order valence-corrected chi connectivity index (χ1v) is 7.25. The summed E-state index contributed by atoms with van der Waals surface area (Å²) >= 11 is 0. The fourth-order valence-corrected chi connectivity index (χ4v) is 2.61. The number of ether oxygens (including phenoxy) is 2. The molecule has 4 rings (SSSR count). The van der Waals surface area contributed by atoms with Gasteiger partial charge in [-0.25, -0.2) is 9.97 Å². The van der Waals surface area contributed by atoms with E-state index in [0.29, 0.717) is 30.7 Å². The zero-order valence-electron chi connectivity index (χ0n) is 12.6. The normalized spacial score (nSPS) is 15.3.